The van der Waals surface area contributed by atoms with Crippen molar-refractivity contribution in [3.8, 4) is 9.88 Å². The number of nitrogens with zero attached hydrogens (tertiary/aromatic N) is 3. The molecule has 0 bridgehead atoms. The van der Waals surface area contributed by atoms with E-state index in [-0.39, 0.29) is 11.9 Å². The van der Waals surface area contributed by atoms with Gasteiger partial charge in [0.15, 0.2) is 0 Å². The van der Waals surface area contributed by atoms with Crippen LogP contribution in [0.1, 0.15) is 30.1 Å². The Kier molecular flexibility index (Phi) is 9.64. The Labute approximate surface area is 214 Å². The third-order valence-electron chi connectivity index (χ3n) is 5.66. The molecule has 35 heavy (non-hydrogen) atoms. The van der Waals surface area contributed by atoms with Crippen molar-refractivity contribution in [1.82, 2.24) is 20.1 Å². The number of ether oxygens (including phenoxy) is 1. The minimum Gasteiger partial charge on any atom is -0.453 e. The fraction of sp³-hybridized carbons (Fsp3) is 0.400. The summed E-state index contributed by atoms with van der Waals surface area (Å²) in [6.45, 7) is 0.809. The van der Waals surface area contributed by atoms with E-state index in [1.807, 2.05) is 61.3 Å². The number of benzene rings is 1. The zero-order chi connectivity index (χ0) is 25.4. The molecule has 0 radical (unpaired) electrons. The van der Waals surface area contributed by atoms with Crippen molar-refractivity contribution in [3.63, 3.8) is 0 Å². The van der Waals surface area contributed by atoms with Crippen LogP contribution in [0.25, 0.3) is 9.88 Å². The van der Waals surface area contributed by atoms with Gasteiger partial charge in [-0.05, 0) is 69.0 Å². The summed E-state index contributed by atoms with van der Waals surface area (Å²) in [6, 6.07) is 10.6. The largest absolute Gasteiger partial charge is 0.453 e. The predicted octanol–water partition coefficient (Wildman–Crippen LogP) is 4.26. The third-order valence-corrected chi connectivity index (χ3v) is 7.56. The van der Waals surface area contributed by atoms with Gasteiger partial charge in [-0.25, -0.2) is 9.78 Å². The van der Waals surface area contributed by atoms with Gasteiger partial charge in [-0.15, -0.1) is 22.7 Å². The first kappa shape index (κ1) is 26.7. The Morgan fingerprint density at radius 1 is 1.14 bits per heavy atom. The van der Waals surface area contributed by atoms with E-state index in [4.69, 9.17) is 15.5 Å². The molecule has 1 aromatic carbocycles. The van der Waals surface area contributed by atoms with Crippen molar-refractivity contribution in [3.05, 3.63) is 58.4 Å². The zero-order valence-electron chi connectivity index (χ0n) is 20.6. The number of hydrogen-bond donors (Lipinski definition) is 2. The quantitative estimate of drug-likeness (QED) is 0.370. The summed E-state index contributed by atoms with van der Waals surface area (Å²) in [5.41, 5.74) is 8.36. The van der Waals surface area contributed by atoms with Gasteiger partial charge < -0.3 is 20.7 Å². The highest BCUT2D eigenvalue weighted by atomic mass is 32.1. The van der Waals surface area contributed by atoms with Crippen LogP contribution in [0.15, 0.2) is 47.2 Å². The molecule has 0 fully saturated rings. The Bertz CT molecular complexity index is 1080. The number of hydrogen-bond acceptors (Lipinski definition) is 8. The zero-order valence-corrected chi connectivity index (χ0v) is 22.2. The van der Waals surface area contributed by atoms with Crippen molar-refractivity contribution < 1.29 is 14.3 Å². The number of thiazole rings is 1. The summed E-state index contributed by atoms with van der Waals surface area (Å²) in [5, 5.41) is 8.09. The maximum Gasteiger partial charge on any atom is 0.409 e. The SMILES string of the molecule is COC(=O)N(C)C(CCCN(C)C)C(=O)N[C@@H](Cc1ccc(N)cc1)c1csc(-c2cccs2)n1. The molecule has 0 aliphatic rings. The van der Waals surface area contributed by atoms with Crippen LogP contribution >= 0.6 is 22.7 Å². The number of amides is 2. The number of nitrogen functional groups attached to an aromatic ring is 1. The Balaban J connectivity index is 1.85. The molecule has 0 aliphatic heterocycles. The molecule has 2 aromatic heterocycles. The van der Waals surface area contributed by atoms with Crippen LogP contribution in [0.4, 0.5) is 10.5 Å². The van der Waals surface area contributed by atoms with Crippen molar-refractivity contribution >= 4 is 40.4 Å². The number of rotatable bonds is 11. The number of anilines is 1. The average molecular weight is 516 g/mol. The fourth-order valence-corrected chi connectivity index (χ4v) is 5.41. The second kappa shape index (κ2) is 12.7. The highest BCUT2D eigenvalue weighted by Crippen LogP contribution is 2.31. The van der Waals surface area contributed by atoms with Crippen molar-refractivity contribution in [2.45, 2.75) is 31.3 Å². The number of carbonyl (C=O) groups is 2. The van der Waals surface area contributed by atoms with Gasteiger partial charge in [0, 0.05) is 18.1 Å². The average Bonchev–Trinajstić information content (AvgIpc) is 3.54. The first-order chi connectivity index (χ1) is 16.8. The molecule has 2 atom stereocenters. The number of aromatic nitrogens is 1. The van der Waals surface area contributed by atoms with E-state index in [1.165, 1.54) is 12.0 Å². The summed E-state index contributed by atoms with van der Waals surface area (Å²) in [5.74, 6) is -0.234. The van der Waals surface area contributed by atoms with Gasteiger partial charge in [0.2, 0.25) is 5.91 Å². The van der Waals surface area contributed by atoms with Crippen molar-refractivity contribution in [2.75, 3.05) is 40.5 Å². The lowest BCUT2D eigenvalue weighted by atomic mass is 10.0. The second-order valence-corrected chi connectivity index (χ2v) is 10.4. The van der Waals surface area contributed by atoms with Gasteiger partial charge in [0.1, 0.15) is 11.0 Å². The van der Waals surface area contributed by atoms with Crippen LogP contribution in [-0.4, -0.2) is 67.6 Å². The number of likely N-dealkylation sites (N-methyl/N-ethyl adjacent to an activating group) is 1. The first-order valence-electron chi connectivity index (χ1n) is 11.4. The number of nitrogens with one attached hydrogen (secondary N) is 1. The maximum atomic E-state index is 13.5. The Hall–Kier alpha value is -2.95. The standard InChI is InChI=1S/C25H33N5O3S2/c1-29(2)13-5-7-21(30(3)25(32)33-4)23(31)27-19(15-17-9-11-18(26)12-10-17)20-16-35-24(28-20)22-8-6-14-34-22/h6,8-12,14,16,19,21H,5,7,13,15,26H2,1-4H3,(H,27,31)/t19-,21?/m0/s1. The molecule has 188 valence electrons. The Morgan fingerprint density at radius 3 is 2.51 bits per heavy atom. The lowest BCUT2D eigenvalue weighted by molar-refractivity contribution is -0.126. The fourth-order valence-electron chi connectivity index (χ4n) is 3.72. The summed E-state index contributed by atoms with van der Waals surface area (Å²) in [7, 11) is 6.88. The molecule has 8 nitrogen and oxygen atoms in total. The molecule has 0 saturated heterocycles. The van der Waals surface area contributed by atoms with E-state index in [9.17, 15) is 9.59 Å². The van der Waals surface area contributed by atoms with E-state index in [0.29, 0.717) is 18.5 Å². The van der Waals surface area contributed by atoms with E-state index < -0.39 is 12.1 Å². The molecular formula is C25H33N5O3S2. The molecule has 3 rings (SSSR count). The van der Waals surface area contributed by atoms with Crippen molar-refractivity contribution in [1.29, 1.82) is 0 Å². The Morgan fingerprint density at radius 2 is 1.89 bits per heavy atom. The van der Waals surface area contributed by atoms with E-state index >= 15 is 0 Å². The highest BCUT2D eigenvalue weighted by Gasteiger charge is 2.30. The summed E-state index contributed by atoms with van der Waals surface area (Å²) in [6.07, 6.45) is 1.28. The minimum atomic E-state index is -0.660. The lowest BCUT2D eigenvalue weighted by Crippen LogP contribution is -2.49. The van der Waals surface area contributed by atoms with Crippen LogP contribution in [0.5, 0.6) is 0 Å². The van der Waals surface area contributed by atoms with Crippen LogP contribution in [0.3, 0.4) is 0 Å². The van der Waals surface area contributed by atoms with Crippen LogP contribution in [-0.2, 0) is 16.0 Å². The summed E-state index contributed by atoms with van der Waals surface area (Å²) < 4.78 is 4.89. The maximum absolute atomic E-state index is 13.5. The van der Waals surface area contributed by atoms with Gasteiger partial charge in [-0.3, -0.25) is 9.69 Å². The van der Waals surface area contributed by atoms with Gasteiger partial charge >= 0.3 is 6.09 Å². The third kappa shape index (κ3) is 7.51. The van der Waals surface area contributed by atoms with Crippen LogP contribution < -0.4 is 11.1 Å². The number of methoxy groups -OCH3 is 1. The number of thiophene rings is 1. The van der Waals surface area contributed by atoms with Crippen molar-refractivity contribution in [2.24, 2.45) is 0 Å². The topological polar surface area (TPSA) is 101 Å². The monoisotopic (exact) mass is 515 g/mol. The number of nitrogens with two attached hydrogens (primary N) is 1. The van der Waals surface area contributed by atoms with Crippen LogP contribution in [0.2, 0.25) is 0 Å². The highest BCUT2D eigenvalue weighted by molar-refractivity contribution is 7.20. The lowest BCUT2D eigenvalue weighted by Gasteiger charge is -2.28. The molecule has 0 spiro atoms. The molecule has 2 heterocycles. The molecule has 1 unspecified atom stereocenters. The van der Waals surface area contributed by atoms with Gasteiger partial charge in [0.05, 0.1) is 23.7 Å². The van der Waals surface area contributed by atoms with E-state index in [0.717, 1.165) is 34.1 Å². The van der Waals surface area contributed by atoms with Crippen LogP contribution in [0, 0.1) is 0 Å². The molecule has 3 N–H and O–H groups in total. The number of carbonyl (C=O) groups excluding carboxylic acids is 2. The predicted molar refractivity (Wildman–Crippen MR) is 143 cm³/mol. The van der Waals surface area contributed by atoms with Gasteiger partial charge in [-0.1, -0.05) is 18.2 Å². The molecule has 3 aromatic rings. The molecular weight excluding hydrogens is 482 g/mol. The summed E-state index contributed by atoms with van der Waals surface area (Å²) in [4.78, 5) is 35.1. The van der Waals surface area contributed by atoms with Gasteiger partial charge in [-0.2, -0.15) is 0 Å². The molecule has 0 saturated carbocycles. The summed E-state index contributed by atoms with van der Waals surface area (Å²) >= 11 is 3.19. The molecule has 0 aliphatic carbocycles. The van der Waals surface area contributed by atoms with Gasteiger partial charge in [0.25, 0.3) is 0 Å². The molecule has 2 amide bonds. The smallest absolute Gasteiger partial charge is 0.409 e. The first-order valence-corrected chi connectivity index (χ1v) is 13.1. The normalized spacial score (nSPS) is 12.8. The van der Waals surface area contributed by atoms with E-state index in [1.54, 1.807) is 29.7 Å². The molecule has 10 heteroatoms. The van der Waals surface area contributed by atoms with E-state index in [2.05, 4.69) is 10.2 Å². The second-order valence-electron chi connectivity index (χ2n) is 8.60. The minimum absolute atomic E-state index is 0.234.